The summed E-state index contributed by atoms with van der Waals surface area (Å²) in [5.74, 6) is 1.86. The zero-order chi connectivity index (χ0) is 41.0. The van der Waals surface area contributed by atoms with Crippen molar-refractivity contribution in [3.8, 4) is 0 Å². The molecule has 0 aromatic heterocycles. The highest BCUT2D eigenvalue weighted by molar-refractivity contribution is 5.69. The number of hydrogen-bond donors (Lipinski definition) is 6. The van der Waals surface area contributed by atoms with E-state index in [0.29, 0.717) is 38.0 Å². The van der Waals surface area contributed by atoms with Gasteiger partial charge in [0.05, 0.1) is 30.5 Å². The molecule has 9 heteroatoms. The Morgan fingerprint density at radius 1 is 0.596 bits per heavy atom. The summed E-state index contributed by atoms with van der Waals surface area (Å²) in [6, 6.07) is 0. The van der Waals surface area contributed by atoms with Crippen molar-refractivity contribution in [2.75, 3.05) is 0 Å². The maximum absolute atomic E-state index is 13.5. The molecule has 0 aromatic rings. The summed E-state index contributed by atoms with van der Waals surface area (Å²) in [7, 11) is 0. The molecule has 0 bridgehead atoms. The van der Waals surface area contributed by atoms with Gasteiger partial charge < -0.3 is 35.4 Å². The lowest BCUT2D eigenvalue weighted by atomic mass is 9.43. The second-order valence-corrected chi connectivity index (χ2v) is 22.9. The Hall–Kier alpha value is -1.26. The van der Waals surface area contributed by atoms with Crippen molar-refractivity contribution in [1.29, 1.82) is 0 Å². The molecule has 57 heavy (non-hydrogen) atoms. The zero-order valence-corrected chi connectivity index (χ0v) is 36.0. The van der Waals surface area contributed by atoms with Gasteiger partial charge in [-0.1, -0.05) is 41.5 Å². The minimum atomic E-state index is -0.769. The van der Waals surface area contributed by atoms with Crippen molar-refractivity contribution in [1.82, 2.24) is 0 Å². The normalized spacial score (nSPS) is 53.9. The van der Waals surface area contributed by atoms with Gasteiger partial charge in [0.15, 0.2) is 0 Å². The molecule has 8 rings (SSSR count). The van der Waals surface area contributed by atoms with Gasteiger partial charge in [0.2, 0.25) is 0 Å². The van der Waals surface area contributed by atoms with Crippen LogP contribution in [0.25, 0.3) is 0 Å². The molecule has 22 atom stereocenters. The fourth-order valence-corrected chi connectivity index (χ4v) is 17.7. The number of rotatable bonds is 9. The van der Waals surface area contributed by atoms with Crippen LogP contribution >= 0.6 is 0 Å². The van der Waals surface area contributed by atoms with E-state index in [2.05, 4.69) is 41.5 Å². The van der Waals surface area contributed by atoms with Crippen molar-refractivity contribution in [3.05, 3.63) is 0 Å². The van der Waals surface area contributed by atoms with E-state index >= 15 is 0 Å². The number of carboxylic acid groups (broad SMARTS) is 1. The lowest BCUT2D eigenvalue weighted by Crippen LogP contribution is -2.62. The number of esters is 1. The first-order chi connectivity index (χ1) is 26.8. The van der Waals surface area contributed by atoms with Gasteiger partial charge in [-0.25, -0.2) is 0 Å². The van der Waals surface area contributed by atoms with Crippen LogP contribution in [0.5, 0.6) is 0 Å². The van der Waals surface area contributed by atoms with E-state index < -0.39 is 30.4 Å². The summed E-state index contributed by atoms with van der Waals surface area (Å²) >= 11 is 0. The molecule has 0 amide bonds. The molecule has 324 valence electrons. The van der Waals surface area contributed by atoms with Crippen LogP contribution in [0, 0.1) is 92.7 Å². The number of carboxylic acids is 1. The molecule has 9 nitrogen and oxygen atoms in total. The standard InChI is InChI=1S/C48H78O9/c1-25(7-13-41(54)55)31-9-11-34-44-36(24-40(53)47(31,34)5)46(4)18-16-30(20-28(46)22-38(44)51)57-42(56)14-8-26(2)32-10-12-33-43-35(23-39(52)48(32,33)6)45(3)17-15-29(49)19-27(45)21-37(43)50/h25-40,43-44,49-53H,7-24H2,1-6H3,(H,54,55)/t25-,26-,27+,28?,29-,30-,31-,32-,33+,34+,35+,36+,37+,38+,39+,40+,43+,44+,45+,46+,47-,48-/m1/s1. The molecule has 1 unspecified atom stereocenters. The number of aliphatic carboxylic acids is 1. The third kappa shape index (κ3) is 6.70. The topological polar surface area (TPSA) is 165 Å². The fourth-order valence-electron chi connectivity index (χ4n) is 17.7. The molecular weight excluding hydrogens is 721 g/mol. The lowest BCUT2D eigenvalue weighted by molar-refractivity contribution is -0.209. The third-order valence-corrected chi connectivity index (χ3v) is 20.9. The van der Waals surface area contributed by atoms with E-state index in [9.17, 15) is 40.2 Å². The number of fused-ring (bicyclic) bond motifs is 10. The highest BCUT2D eigenvalue weighted by Crippen LogP contribution is 2.70. The van der Waals surface area contributed by atoms with Crippen molar-refractivity contribution >= 4 is 11.9 Å². The molecule has 8 saturated carbocycles. The molecule has 0 heterocycles. The summed E-state index contributed by atoms with van der Waals surface area (Å²) in [4.78, 5) is 24.9. The van der Waals surface area contributed by atoms with Crippen molar-refractivity contribution < 1.29 is 45.0 Å². The Balaban J connectivity index is 0.867. The van der Waals surface area contributed by atoms with Crippen molar-refractivity contribution in [3.63, 3.8) is 0 Å². The molecule has 0 spiro atoms. The van der Waals surface area contributed by atoms with Crippen LogP contribution in [0.2, 0.25) is 0 Å². The highest BCUT2D eigenvalue weighted by Gasteiger charge is 2.67. The third-order valence-electron chi connectivity index (χ3n) is 20.9. The predicted molar refractivity (Wildman–Crippen MR) is 216 cm³/mol. The van der Waals surface area contributed by atoms with Gasteiger partial charge in [0, 0.05) is 12.8 Å². The van der Waals surface area contributed by atoms with Crippen molar-refractivity contribution in [2.24, 2.45) is 92.7 Å². The van der Waals surface area contributed by atoms with Crippen LogP contribution in [0.4, 0.5) is 0 Å². The Morgan fingerprint density at radius 2 is 1.07 bits per heavy atom. The van der Waals surface area contributed by atoms with Gasteiger partial charge in [-0.15, -0.1) is 0 Å². The van der Waals surface area contributed by atoms with Crippen molar-refractivity contribution in [2.45, 2.75) is 194 Å². The lowest BCUT2D eigenvalue weighted by Gasteiger charge is -2.63. The van der Waals surface area contributed by atoms with E-state index in [1.54, 1.807) is 0 Å². The molecular formula is C48H78O9. The minimum Gasteiger partial charge on any atom is -0.481 e. The first-order valence-corrected chi connectivity index (χ1v) is 23.6. The van der Waals surface area contributed by atoms with Gasteiger partial charge >= 0.3 is 11.9 Å². The summed E-state index contributed by atoms with van der Waals surface area (Å²) in [6.07, 6.45) is 11.5. The summed E-state index contributed by atoms with van der Waals surface area (Å²) in [5.41, 5.74) is -0.595. The van der Waals surface area contributed by atoms with Gasteiger partial charge in [-0.05, 0) is 195 Å². The molecule has 8 aliphatic carbocycles. The second kappa shape index (κ2) is 15.3. The molecule has 8 fully saturated rings. The van der Waals surface area contributed by atoms with Crippen LogP contribution in [-0.4, -0.2) is 79.2 Å². The van der Waals surface area contributed by atoms with Crippen LogP contribution in [-0.2, 0) is 14.3 Å². The summed E-state index contributed by atoms with van der Waals surface area (Å²) < 4.78 is 6.25. The van der Waals surface area contributed by atoms with Crippen LogP contribution in [0.1, 0.15) is 157 Å². The predicted octanol–water partition coefficient (Wildman–Crippen LogP) is 7.38. The molecule has 8 aliphatic rings. The smallest absolute Gasteiger partial charge is 0.306 e. The SMILES string of the molecule is C[C@H](CCC(=O)O[C@@H]1CC[C@@]2(C)C(C1)C[C@H](O)[C@H]1[C@@H]3CC[C@H]([C@H](C)CCC(=O)O)[C@@]3(C)[C@@H](O)C[C@@H]12)[C@H]1CC[C@H]2[C@@H]3[C@@H](O)C[C@@H]4C[C@H](O)CC[C@]4(C)[C@H]3C[C@H](O)[C@]12C. The van der Waals surface area contributed by atoms with E-state index in [-0.39, 0.29) is 111 Å². The van der Waals surface area contributed by atoms with Gasteiger partial charge in [0.25, 0.3) is 0 Å². The number of hydrogen-bond acceptors (Lipinski definition) is 8. The molecule has 0 aromatic carbocycles. The van der Waals surface area contributed by atoms with E-state index in [4.69, 9.17) is 4.74 Å². The molecule has 0 saturated heterocycles. The van der Waals surface area contributed by atoms with Crippen LogP contribution < -0.4 is 0 Å². The van der Waals surface area contributed by atoms with E-state index in [1.165, 1.54) is 0 Å². The first-order valence-electron chi connectivity index (χ1n) is 23.6. The minimum absolute atomic E-state index is 0.0343. The average molecular weight is 799 g/mol. The zero-order valence-electron chi connectivity index (χ0n) is 36.0. The van der Waals surface area contributed by atoms with Gasteiger partial charge in [-0.3, -0.25) is 9.59 Å². The fraction of sp³-hybridized carbons (Fsp3) is 0.958. The maximum Gasteiger partial charge on any atom is 0.306 e. The number of ether oxygens (including phenoxy) is 1. The van der Waals surface area contributed by atoms with Gasteiger partial charge in [-0.2, -0.15) is 0 Å². The van der Waals surface area contributed by atoms with Gasteiger partial charge in [0.1, 0.15) is 6.10 Å². The summed E-state index contributed by atoms with van der Waals surface area (Å²) in [6.45, 7) is 13.7. The molecule has 6 N–H and O–H groups in total. The summed E-state index contributed by atoms with van der Waals surface area (Å²) in [5, 5.41) is 67.3. The number of aliphatic hydroxyl groups is 5. The Morgan fingerprint density at radius 3 is 1.58 bits per heavy atom. The average Bonchev–Trinajstić information content (AvgIpc) is 3.70. The van der Waals surface area contributed by atoms with Crippen LogP contribution in [0.3, 0.4) is 0 Å². The first kappa shape index (κ1) is 42.4. The largest absolute Gasteiger partial charge is 0.481 e. The monoisotopic (exact) mass is 799 g/mol. The number of carbonyl (C=O) groups is 2. The highest BCUT2D eigenvalue weighted by atomic mass is 16.5. The molecule has 0 radical (unpaired) electrons. The van der Waals surface area contributed by atoms with E-state index in [0.717, 1.165) is 77.0 Å². The van der Waals surface area contributed by atoms with E-state index in [1.807, 2.05) is 0 Å². The quantitative estimate of drug-likeness (QED) is 0.131. The number of aliphatic hydroxyl groups excluding tert-OH is 5. The Labute approximate surface area is 342 Å². The Kier molecular flexibility index (Phi) is 11.4. The maximum atomic E-state index is 13.5. The molecule has 0 aliphatic heterocycles. The second-order valence-electron chi connectivity index (χ2n) is 22.9. The Bertz CT molecular complexity index is 1500. The number of carbonyl (C=O) groups excluding carboxylic acids is 1. The van der Waals surface area contributed by atoms with Crippen LogP contribution in [0.15, 0.2) is 0 Å².